The second-order valence-electron chi connectivity index (χ2n) is 3.15. The van der Waals surface area contributed by atoms with Gasteiger partial charge < -0.3 is 15.8 Å². The van der Waals surface area contributed by atoms with E-state index in [1.807, 2.05) is 19.1 Å². The number of benzene rings is 1. The van der Waals surface area contributed by atoms with Gasteiger partial charge in [0.25, 0.3) is 0 Å². The Kier molecular flexibility index (Phi) is 4.26. The first-order valence-corrected chi connectivity index (χ1v) is 4.95. The van der Waals surface area contributed by atoms with E-state index in [9.17, 15) is 0 Å². The molecule has 1 rings (SSSR count). The Hall–Kier alpha value is -1.22. The number of rotatable bonds is 5. The van der Waals surface area contributed by atoms with Gasteiger partial charge in [-0.15, -0.1) is 0 Å². The molecule has 0 radical (unpaired) electrons. The summed E-state index contributed by atoms with van der Waals surface area (Å²) in [4.78, 5) is 0. The minimum Gasteiger partial charge on any atom is -0.492 e. The van der Waals surface area contributed by atoms with Crippen LogP contribution in [0.1, 0.15) is 12.5 Å². The summed E-state index contributed by atoms with van der Waals surface area (Å²) in [6.07, 6.45) is 0. The smallest absolute Gasteiger partial charge is 0.142 e. The van der Waals surface area contributed by atoms with Gasteiger partial charge in [-0.1, -0.05) is 6.07 Å². The van der Waals surface area contributed by atoms with Crippen LogP contribution in [0.3, 0.4) is 0 Å². The molecule has 14 heavy (non-hydrogen) atoms. The van der Waals surface area contributed by atoms with E-state index in [1.165, 1.54) is 5.56 Å². The third kappa shape index (κ3) is 2.92. The Balaban J connectivity index is 2.79. The van der Waals surface area contributed by atoms with Crippen molar-refractivity contribution in [1.29, 1.82) is 0 Å². The van der Waals surface area contributed by atoms with Gasteiger partial charge in [-0.05, 0) is 31.5 Å². The second-order valence-corrected chi connectivity index (χ2v) is 3.15. The molecular weight excluding hydrogens is 176 g/mol. The van der Waals surface area contributed by atoms with Crippen LogP contribution in [0.2, 0.25) is 0 Å². The van der Waals surface area contributed by atoms with Crippen molar-refractivity contribution in [3.05, 3.63) is 23.8 Å². The lowest BCUT2D eigenvalue weighted by Crippen LogP contribution is -2.13. The summed E-state index contributed by atoms with van der Waals surface area (Å²) in [7, 11) is 0. The van der Waals surface area contributed by atoms with Crippen LogP contribution in [-0.4, -0.2) is 19.7 Å². The third-order valence-electron chi connectivity index (χ3n) is 1.89. The van der Waals surface area contributed by atoms with E-state index >= 15 is 0 Å². The average Bonchev–Trinajstić information content (AvgIpc) is 2.18. The van der Waals surface area contributed by atoms with Crippen LogP contribution in [-0.2, 0) is 0 Å². The lowest BCUT2D eigenvalue weighted by molar-refractivity contribution is 0.341. The average molecular weight is 194 g/mol. The van der Waals surface area contributed by atoms with Crippen molar-refractivity contribution in [3.8, 4) is 5.75 Å². The lowest BCUT2D eigenvalue weighted by Gasteiger charge is -2.12. The molecule has 0 aliphatic heterocycles. The normalized spacial score (nSPS) is 9.93. The molecule has 0 saturated heterocycles. The minimum absolute atomic E-state index is 0.625. The van der Waals surface area contributed by atoms with E-state index in [0.29, 0.717) is 13.2 Å². The van der Waals surface area contributed by atoms with Crippen molar-refractivity contribution < 1.29 is 4.74 Å². The number of ether oxygens (including phenoxy) is 1. The number of nitrogens with one attached hydrogen (secondary N) is 1. The number of nitrogens with two attached hydrogens (primary N) is 1. The number of anilines is 1. The number of hydrogen-bond acceptors (Lipinski definition) is 3. The van der Waals surface area contributed by atoms with Crippen molar-refractivity contribution in [1.82, 2.24) is 0 Å². The number of aryl methyl sites for hydroxylation is 1. The van der Waals surface area contributed by atoms with Crippen LogP contribution in [0.15, 0.2) is 18.2 Å². The molecule has 0 heterocycles. The quantitative estimate of drug-likeness (QED) is 0.751. The van der Waals surface area contributed by atoms with Crippen LogP contribution in [0.4, 0.5) is 5.69 Å². The van der Waals surface area contributed by atoms with Gasteiger partial charge in [0.15, 0.2) is 0 Å². The Bertz CT molecular complexity index is 287. The third-order valence-corrected chi connectivity index (χ3v) is 1.89. The van der Waals surface area contributed by atoms with E-state index in [-0.39, 0.29) is 0 Å². The summed E-state index contributed by atoms with van der Waals surface area (Å²) in [5.41, 5.74) is 7.68. The molecule has 78 valence electrons. The minimum atomic E-state index is 0.625. The monoisotopic (exact) mass is 194 g/mol. The highest BCUT2D eigenvalue weighted by Gasteiger charge is 2.01. The first-order chi connectivity index (χ1) is 6.77. The molecule has 0 saturated carbocycles. The molecule has 3 nitrogen and oxygen atoms in total. The maximum Gasteiger partial charge on any atom is 0.142 e. The largest absolute Gasteiger partial charge is 0.492 e. The van der Waals surface area contributed by atoms with E-state index in [4.69, 9.17) is 10.5 Å². The van der Waals surface area contributed by atoms with E-state index < -0.39 is 0 Å². The maximum absolute atomic E-state index is 5.49. The maximum atomic E-state index is 5.49. The standard InChI is InChI=1S/C11H18N2O/c1-3-14-11-5-4-9(2)8-10(11)13-7-6-12/h4-5,8,13H,3,6-7,12H2,1-2H3. The molecule has 0 bridgehead atoms. The van der Waals surface area contributed by atoms with Crippen molar-refractivity contribution >= 4 is 5.69 Å². The summed E-state index contributed by atoms with van der Waals surface area (Å²) in [6, 6.07) is 6.09. The fraction of sp³-hybridized carbons (Fsp3) is 0.455. The zero-order valence-corrected chi connectivity index (χ0v) is 8.84. The lowest BCUT2D eigenvalue weighted by atomic mass is 10.2. The molecule has 0 spiro atoms. The highest BCUT2D eigenvalue weighted by atomic mass is 16.5. The molecule has 0 aliphatic rings. The van der Waals surface area contributed by atoms with E-state index in [1.54, 1.807) is 0 Å². The molecule has 3 N–H and O–H groups in total. The Morgan fingerprint density at radius 1 is 1.43 bits per heavy atom. The van der Waals surface area contributed by atoms with Crippen molar-refractivity contribution in [2.45, 2.75) is 13.8 Å². The van der Waals surface area contributed by atoms with E-state index in [2.05, 4.69) is 18.3 Å². The van der Waals surface area contributed by atoms with Crippen LogP contribution in [0.25, 0.3) is 0 Å². The van der Waals surface area contributed by atoms with Crippen molar-refractivity contribution in [2.75, 3.05) is 25.0 Å². The Morgan fingerprint density at radius 2 is 2.21 bits per heavy atom. The van der Waals surface area contributed by atoms with Gasteiger partial charge in [-0.3, -0.25) is 0 Å². The zero-order chi connectivity index (χ0) is 10.4. The molecule has 0 aromatic heterocycles. The fourth-order valence-electron chi connectivity index (χ4n) is 1.27. The predicted molar refractivity (Wildman–Crippen MR) is 59.9 cm³/mol. The van der Waals surface area contributed by atoms with Crippen LogP contribution >= 0.6 is 0 Å². The predicted octanol–water partition coefficient (Wildman–Crippen LogP) is 1.76. The molecule has 0 fully saturated rings. The molecular formula is C11H18N2O. The van der Waals surface area contributed by atoms with Gasteiger partial charge in [-0.2, -0.15) is 0 Å². The van der Waals surface area contributed by atoms with Crippen molar-refractivity contribution in [2.24, 2.45) is 5.73 Å². The van der Waals surface area contributed by atoms with Gasteiger partial charge in [0, 0.05) is 13.1 Å². The second kappa shape index (κ2) is 5.50. The summed E-state index contributed by atoms with van der Waals surface area (Å²) >= 11 is 0. The fourth-order valence-corrected chi connectivity index (χ4v) is 1.27. The topological polar surface area (TPSA) is 47.3 Å². The SMILES string of the molecule is CCOc1ccc(C)cc1NCCN. The number of hydrogen-bond donors (Lipinski definition) is 2. The molecule has 0 amide bonds. The van der Waals surface area contributed by atoms with Gasteiger partial charge >= 0.3 is 0 Å². The summed E-state index contributed by atoms with van der Waals surface area (Å²) in [5.74, 6) is 0.895. The van der Waals surface area contributed by atoms with Crippen molar-refractivity contribution in [3.63, 3.8) is 0 Å². The molecule has 1 aromatic rings. The van der Waals surface area contributed by atoms with Crippen LogP contribution < -0.4 is 15.8 Å². The molecule has 0 aliphatic carbocycles. The first-order valence-electron chi connectivity index (χ1n) is 4.95. The van der Waals surface area contributed by atoms with Crippen LogP contribution in [0.5, 0.6) is 5.75 Å². The summed E-state index contributed by atoms with van der Waals surface area (Å²) in [5, 5.41) is 3.24. The highest BCUT2D eigenvalue weighted by molar-refractivity contribution is 5.58. The summed E-state index contributed by atoms with van der Waals surface area (Å²) < 4.78 is 5.49. The molecule has 0 atom stereocenters. The van der Waals surface area contributed by atoms with Gasteiger partial charge in [0.2, 0.25) is 0 Å². The Morgan fingerprint density at radius 3 is 2.86 bits per heavy atom. The molecule has 0 unspecified atom stereocenters. The molecule has 1 aromatic carbocycles. The van der Waals surface area contributed by atoms with Gasteiger partial charge in [0.1, 0.15) is 5.75 Å². The van der Waals surface area contributed by atoms with Crippen LogP contribution in [0, 0.1) is 6.92 Å². The summed E-state index contributed by atoms with van der Waals surface area (Å²) in [6.45, 7) is 6.11. The first kappa shape index (κ1) is 10.9. The van der Waals surface area contributed by atoms with E-state index in [0.717, 1.165) is 18.0 Å². The van der Waals surface area contributed by atoms with Gasteiger partial charge in [-0.25, -0.2) is 0 Å². The Labute approximate surface area is 85.3 Å². The molecule has 3 heteroatoms. The zero-order valence-electron chi connectivity index (χ0n) is 8.84. The van der Waals surface area contributed by atoms with Gasteiger partial charge in [0.05, 0.1) is 12.3 Å². The highest BCUT2D eigenvalue weighted by Crippen LogP contribution is 2.25.